The molecular formula is C20H34O4. The van der Waals surface area contributed by atoms with E-state index >= 15 is 0 Å². The highest BCUT2D eigenvalue weighted by molar-refractivity contribution is 5.70. The highest BCUT2D eigenvalue weighted by Crippen LogP contribution is 2.24. The highest BCUT2D eigenvalue weighted by atomic mass is 16.5. The van der Waals surface area contributed by atoms with Gasteiger partial charge in [-0.3, -0.25) is 9.59 Å². The van der Waals surface area contributed by atoms with Crippen molar-refractivity contribution in [1.82, 2.24) is 0 Å². The molecule has 138 valence electrons. The number of unbranched alkanes of at least 4 members (excludes halogenated alkanes) is 1. The van der Waals surface area contributed by atoms with E-state index in [1.54, 1.807) is 0 Å². The van der Waals surface area contributed by atoms with Gasteiger partial charge in [0.05, 0.1) is 13.2 Å². The first-order valence-electron chi connectivity index (χ1n) is 10.1. The number of rotatable bonds is 9. The first-order valence-corrected chi connectivity index (χ1v) is 10.1. The summed E-state index contributed by atoms with van der Waals surface area (Å²) in [6.07, 6.45) is 14.8. The van der Waals surface area contributed by atoms with Crippen LogP contribution in [0.25, 0.3) is 0 Å². The minimum absolute atomic E-state index is 0.115. The molecule has 0 heterocycles. The zero-order valence-corrected chi connectivity index (χ0v) is 15.1. The van der Waals surface area contributed by atoms with Gasteiger partial charge in [-0.15, -0.1) is 0 Å². The molecule has 0 aliphatic heterocycles. The van der Waals surface area contributed by atoms with Crippen LogP contribution in [-0.2, 0) is 19.1 Å². The highest BCUT2D eigenvalue weighted by Gasteiger charge is 2.16. The summed E-state index contributed by atoms with van der Waals surface area (Å²) in [5.74, 6) is 0.905. The fourth-order valence-corrected chi connectivity index (χ4v) is 3.81. The summed E-state index contributed by atoms with van der Waals surface area (Å²) in [5.41, 5.74) is 0. The number of hydrogen-bond donors (Lipinski definition) is 0. The average Bonchev–Trinajstić information content (AvgIpc) is 2.63. The van der Waals surface area contributed by atoms with Gasteiger partial charge in [0.1, 0.15) is 0 Å². The molecule has 0 atom stereocenters. The molecule has 24 heavy (non-hydrogen) atoms. The Morgan fingerprint density at radius 1 is 0.625 bits per heavy atom. The first kappa shape index (κ1) is 19.3. The van der Waals surface area contributed by atoms with Gasteiger partial charge in [0.15, 0.2) is 0 Å². The summed E-state index contributed by atoms with van der Waals surface area (Å²) < 4.78 is 10.7. The molecule has 0 aromatic heterocycles. The van der Waals surface area contributed by atoms with Gasteiger partial charge in [-0.05, 0) is 50.4 Å². The summed E-state index contributed by atoms with van der Waals surface area (Å²) in [7, 11) is 0. The topological polar surface area (TPSA) is 52.6 Å². The lowest BCUT2D eigenvalue weighted by atomic mass is 9.90. The van der Waals surface area contributed by atoms with Crippen molar-refractivity contribution in [1.29, 1.82) is 0 Å². The number of hydrogen-bond acceptors (Lipinski definition) is 4. The maximum atomic E-state index is 11.7. The second-order valence-electron chi connectivity index (χ2n) is 7.58. The predicted octanol–water partition coefficient (Wildman–Crippen LogP) is 4.79. The van der Waals surface area contributed by atoms with E-state index in [9.17, 15) is 9.59 Å². The van der Waals surface area contributed by atoms with Gasteiger partial charge in [0.25, 0.3) is 0 Å². The molecule has 2 rings (SSSR count). The van der Waals surface area contributed by atoms with E-state index in [4.69, 9.17) is 9.47 Å². The molecule has 4 nitrogen and oxygen atoms in total. The van der Waals surface area contributed by atoms with Crippen LogP contribution < -0.4 is 0 Å². The summed E-state index contributed by atoms with van der Waals surface area (Å²) in [5, 5.41) is 0. The van der Waals surface area contributed by atoms with Crippen molar-refractivity contribution in [3.05, 3.63) is 0 Å². The third-order valence-corrected chi connectivity index (χ3v) is 5.42. The van der Waals surface area contributed by atoms with Gasteiger partial charge in [-0.1, -0.05) is 38.5 Å². The van der Waals surface area contributed by atoms with Gasteiger partial charge >= 0.3 is 11.9 Å². The Hall–Kier alpha value is -1.06. The molecule has 0 radical (unpaired) electrons. The van der Waals surface area contributed by atoms with Crippen molar-refractivity contribution in [2.45, 2.75) is 89.9 Å². The van der Waals surface area contributed by atoms with Crippen LogP contribution in [0.3, 0.4) is 0 Å². The second kappa shape index (κ2) is 11.5. The van der Waals surface area contributed by atoms with Crippen molar-refractivity contribution in [2.75, 3.05) is 13.2 Å². The normalized spacial score (nSPS) is 19.8. The molecule has 0 aromatic rings. The molecule has 0 bridgehead atoms. The maximum absolute atomic E-state index is 11.7. The van der Waals surface area contributed by atoms with Crippen molar-refractivity contribution < 1.29 is 19.1 Å². The van der Waals surface area contributed by atoms with Crippen molar-refractivity contribution in [3.8, 4) is 0 Å². The van der Waals surface area contributed by atoms with Crippen LogP contribution in [0.5, 0.6) is 0 Å². The van der Waals surface area contributed by atoms with Crippen molar-refractivity contribution in [2.24, 2.45) is 11.8 Å². The second-order valence-corrected chi connectivity index (χ2v) is 7.58. The Bertz CT molecular complexity index is 332. The monoisotopic (exact) mass is 338 g/mol. The van der Waals surface area contributed by atoms with Gasteiger partial charge in [0, 0.05) is 12.8 Å². The maximum Gasteiger partial charge on any atom is 0.305 e. The number of carbonyl (C=O) groups excluding carboxylic acids is 2. The van der Waals surface area contributed by atoms with Crippen LogP contribution in [0.2, 0.25) is 0 Å². The fourth-order valence-electron chi connectivity index (χ4n) is 3.81. The number of ether oxygens (including phenoxy) is 2. The minimum atomic E-state index is -0.115. The van der Waals surface area contributed by atoms with Gasteiger partial charge in [-0.25, -0.2) is 0 Å². The van der Waals surface area contributed by atoms with Crippen LogP contribution in [0.15, 0.2) is 0 Å². The third-order valence-electron chi connectivity index (χ3n) is 5.42. The van der Waals surface area contributed by atoms with Gasteiger partial charge in [0.2, 0.25) is 0 Å². The Kier molecular flexibility index (Phi) is 9.22. The molecule has 0 aromatic carbocycles. The lowest BCUT2D eigenvalue weighted by Gasteiger charge is -2.21. The van der Waals surface area contributed by atoms with Crippen LogP contribution >= 0.6 is 0 Å². The van der Waals surface area contributed by atoms with E-state index in [0.717, 1.165) is 0 Å². The Morgan fingerprint density at radius 3 is 1.38 bits per heavy atom. The quantitative estimate of drug-likeness (QED) is 0.448. The molecule has 2 fully saturated rings. The van der Waals surface area contributed by atoms with E-state index in [2.05, 4.69) is 0 Å². The Morgan fingerprint density at radius 2 is 1.00 bits per heavy atom. The number of esters is 2. The molecule has 2 aliphatic carbocycles. The smallest absolute Gasteiger partial charge is 0.305 e. The third kappa shape index (κ3) is 8.16. The largest absolute Gasteiger partial charge is 0.465 e. The zero-order chi connectivity index (χ0) is 17.0. The van der Waals surface area contributed by atoms with E-state index in [1.807, 2.05) is 0 Å². The lowest BCUT2D eigenvalue weighted by molar-refractivity contribution is -0.147. The molecule has 2 aliphatic rings. The molecule has 2 saturated carbocycles. The summed E-state index contributed by atoms with van der Waals surface area (Å²) in [6.45, 7) is 1.17. The number of carbonyl (C=O) groups is 2. The van der Waals surface area contributed by atoms with Crippen LogP contribution in [0.1, 0.15) is 89.9 Å². The Balaban J connectivity index is 1.43. The molecular weight excluding hydrogens is 304 g/mol. The minimum Gasteiger partial charge on any atom is -0.465 e. The van der Waals surface area contributed by atoms with E-state index in [-0.39, 0.29) is 11.9 Å². The molecule has 0 N–H and O–H groups in total. The van der Waals surface area contributed by atoms with Gasteiger partial charge in [-0.2, -0.15) is 0 Å². The molecule has 0 amide bonds. The Labute approximate surface area is 146 Å². The zero-order valence-electron chi connectivity index (χ0n) is 15.1. The van der Waals surface area contributed by atoms with E-state index in [0.29, 0.717) is 50.7 Å². The van der Waals surface area contributed by atoms with Crippen molar-refractivity contribution >= 4 is 11.9 Å². The molecule has 0 unspecified atom stereocenters. The summed E-state index contributed by atoms with van der Waals surface area (Å²) in [6, 6.07) is 0. The molecule has 4 heteroatoms. The summed E-state index contributed by atoms with van der Waals surface area (Å²) in [4.78, 5) is 23.4. The van der Waals surface area contributed by atoms with Crippen LogP contribution in [-0.4, -0.2) is 25.2 Å². The fraction of sp³-hybridized carbons (Fsp3) is 0.900. The first-order chi connectivity index (χ1) is 11.7. The molecule has 0 spiro atoms. The van der Waals surface area contributed by atoms with Crippen LogP contribution in [0.4, 0.5) is 0 Å². The molecule has 0 saturated heterocycles. The average molecular weight is 338 g/mol. The predicted molar refractivity (Wildman–Crippen MR) is 93.5 cm³/mol. The van der Waals surface area contributed by atoms with E-state index in [1.165, 1.54) is 64.2 Å². The van der Waals surface area contributed by atoms with Gasteiger partial charge < -0.3 is 9.47 Å². The SMILES string of the molecule is O=C(CCCCC(=O)OCC1CCCCC1)OCC1CCCCC1. The summed E-state index contributed by atoms with van der Waals surface area (Å²) >= 11 is 0. The lowest BCUT2D eigenvalue weighted by Crippen LogP contribution is -2.17. The van der Waals surface area contributed by atoms with Crippen molar-refractivity contribution in [3.63, 3.8) is 0 Å². The van der Waals surface area contributed by atoms with E-state index < -0.39 is 0 Å². The van der Waals surface area contributed by atoms with Crippen LogP contribution in [0, 0.1) is 11.8 Å². The standard InChI is InChI=1S/C20H34O4/c21-19(23-15-17-9-3-1-4-10-17)13-7-8-14-20(22)24-16-18-11-5-2-6-12-18/h17-18H,1-16H2.